The topological polar surface area (TPSA) is 69.6 Å². The minimum absolute atomic E-state index is 0.0972. The van der Waals surface area contributed by atoms with Crippen molar-refractivity contribution in [2.75, 3.05) is 18.0 Å². The summed E-state index contributed by atoms with van der Waals surface area (Å²) in [6.07, 6.45) is 0. The Hall–Kier alpha value is -2.11. The van der Waals surface area contributed by atoms with Crippen LogP contribution in [0.4, 0.5) is 14.9 Å². The van der Waals surface area contributed by atoms with Gasteiger partial charge in [0.2, 0.25) is 0 Å². The van der Waals surface area contributed by atoms with Crippen LogP contribution in [0.3, 0.4) is 0 Å². The number of carbonyl (C=O) groups excluding carboxylic acids is 1. The Morgan fingerprint density at radius 3 is 2.75 bits per heavy atom. The molecule has 0 saturated carbocycles. The van der Waals surface area contributed by atoms with E-state index in [0.29, 0.717) is 13.1 Å². The summed E-state index contributed by atoms with van der Waals surface area (Å²) in [5.74, 6) is -1.91. The highest BCUT2D eigenvalue weighted by Gasteiger charge is 2.24. The molecule has 5 nitrogen and oxygen atoms in total. The number of nitrogens with zero attached hydrogens (tertiary/aromatic N) is 1. The molecule has 84 valence electrons. The average Bonchev–Trinajstić information content (AvgIpc) is 2.64. The molecule has 0 aromatic heterocycles. The lowest BCUT2D eigenvalue weighted by molar-refractivity contribution is 0.0696. The van der Waals surface area contributed by atoms with Crippen molar-refractivity contribution in [3.63, 3.8) is 0 Å². The van der Waals surface area contributed by atoms with Crippen LogP contribution in [-0.4, -0.2) is 30.2 Å². The molecule has 2 amide bonds. The number of carboxylic acids is 1. The van der Waals surface area contributed by atoms with Gasteiger partial charge in [-0.2, -0.15) is 0 Å². The summed E-state index contributed by atoms with van der Waals surface area (Å²) in [4.78, 5) is 23.1. The van der Waals surface area contributed by atoms with Crippen LogP contribution in [0.15, 0.2) is 18.2 Å². The Morgan fingerprint density at radius 2 is 2.25 bits per heavy atom. The van der Waals surface area contributed by atoms with Crippen LogP contribution in [0.5, 0.6) is 0 Å². The SMILES string of the molecule is O=C(O)c1ccc(N2CCNC2=O)c(F)c1. The highest BCUT2D eigenvalue weighted by Crippen LogP contribution is 2.21. The Labute approximate surface area is 90.5 Å². The Bertz CT molecular complexity index is 461. The quantitative estimate of drug-likeness (QED) is 0.788. The maximum absolute atomic E-state index is 13.6. The maximum Gasteiger partial charge on any atom is 0.335 e. The van der Waals surface area contributed by atoms with Gasteiger partial charge in [-0.3, -0.25) is 4.90 Å². The molecule has 1 saturated heterocycles. The smallest absolute Gasteiger partial charge is 0.335 e. The van der Waals surface area contributed by atoms with Crippen molar-refractivity contribution in [3.8, 4) is 0 Å². The first-order valence-corrected chi connectivity index (χ1v) is 4.68. The number of urea groups is 1. The van der Waals surface area contributed by atoms with Crippen LogP contribution >= 0.6 is 0 Å². The number of amides is 2. The standard InChI is InChI=1S/C10H9FN2O3/c11-7-5-6(9(14)15)1-2-8(7)13-4-3-12-10(13)16/h1-2,5H,3-4H2,(H,12,16)(H,14,15). The fourth-order valence-corrected chi connectivity index (χ4v) is 1.56. The van der Waals surface area contributed by atoms with Crippen LogP contribution in [-0.2, 0) is 0 Å². The summed E-state index contributed by atoms with van der Waals surface area (Å²) in [6, 6.07) is 3.10. The largest absolute Gasteiger partial charge is 0.478 e. The zero-order valence-electron chi connectivity index (χ0n) is 8.24. The first-order valence-electron chi connectivity index (χ1n) is 4.68. The molecule has 0 unspecified atom stereocenters. The molecular formula is C10H9FN2O3. The highest BCUT2D eigenvalue weighted by molar-refractivity contribution is 5.95. The van der Waals surface area contributed by atoms with Crippen molar-refractivity contribution < 1.29 is 19.1 Å². The molecule has 1 aliphatic rings. The lowest BCUT2D eigenvalue weighted by atomic mass is 10.2. The minimum atomic E-state index is -1.20. The molecule has 1 heterocycles. The number of benzene rings is 1. The summed E-state index contributed by atoms with van der Waals surface area (Å²) in [5, 5.41) is 11.2. The van der Waals surface area contributed by atoms with Gasteiger partial charge in [0.1, 0.15) is 5.82 Å². The Balaban J connectivity index is 2.36. The van der Waals surface area contributed by atoms with Crippen molar-refractivity contribution >= 4 is 17.7 Å². The maximum atomic E-state index is 13.6. The van der Waals surface area contributed by atoms with Gasteiger partial charge >= 0.3 is 12.0 Å². The second kappa shape index (κ2) is 3.80. The molecule has 1 aromatic carbocycles. The Morgan fingerprint density at radius 1 is 1.50 bits per heavy atom. The number of aromatic carboxylic acids is 1. The summed E-state index contributed by atoms with van der Waals surface area (Å²) in [5.41, 5.74) is -0.0409. The average molecular weight is 224 g/mol. The lowest BCUT2D eigenvalue weighted by Gasteiger charge is -2.15. The van der Waals surface area contributed by atoms with Gasteiger partial charge in [0.05, 0.1) is 11.3 Å². The zero-order chi connectivity index (χ0) is 11.7. The number of rotatable bonds is 2. The number of hydrogen-bond acceptors (Lipinski definition) is 2. The van der Waals surface area contributed by atoms with Gasteiger partial charge in [0, 0.05) is 13.1 Å². The van der Waals surface area contributed by atoms with Crippen molar-refractivity contribution in [1.29, 1.82) is 0 Å². The first-order chi connectivity index (χ1) is 7.59. The van der Waals surface area contributed by atoms with Crippen LogP contribution in [0.1, 0.15) is 10.4 Å². The first kappa shape index (κ1) is 10.4. The van der Waals surface area contributed by atoms with Crippen LogP contribution in [0.25, 0.3) is 0 Å². The number of carbonyl (C=O) groups is 2. The predicted octanol–water partition coefficient (Wildman–Crippen LogP) is 1.05. The van der Waals surface area contributed by atoms with Gasteiger partial charge < -0.3 is 10.4 Å². The van der Waals surface area contributed by atoms with Gasteiger partial charge in [-0.15, -0.1) is 0 Å². The fraction of sp³-hybridized carbons (Fsp3) is 0.200. The van der Waals surface area contributed by atoms with Crippen LogP contribution in [0.2, 0.25) is 0 Å². The molecule has 2 N–H and O–H groups in total. The van der Waals surface area contributed by atoms with Crippen molar-refractivity contribution in [2.24, 2.45) is 0 Å². The number of halogens is 1. The van der Waals surface area contributed by atoms with E-state index in [4.69, 9.17) is 5.11 Å². The third-order valence-electron chi connectivity index (χ3n) is 2.34. The van der Waals surface area contributed by atoms with E-state index in [9.17, 15) is 14.0 Å². The summed E-state index contributed by atoms with van der Waals surface area (Å²) >= 11 is 0. The van der Waals surface area contributed by atoms with Crippen LogP contribution in [0, 0.1) is 5.82 Å². The summed E-state index contributed by atoms with van der Waals surface area (Å²) < 4.78 is 13.6. The van der Waals surface area contributed by atoms with Gasteiger partial charge in [-0.25, -0.2) is 14.0 Å². The molecule has 0 spiro atoms. The van der Waals surface area contributed by atoms with Crippen LogP contribution < -0.4 is 10.2 Å². The van der Waals surface area contributed by atoms with E-state index in [1.807, 2.05) is 0 Å². The second-order valence-corrected chi connectivity index (χ2v) is 3.35. The van der Waals surface area contributed by atoms with Gasteiger partial charge in [0.25, 0.3) is 0 Å². The number of hydrogen-bond donors (Lipinski definition) is 2. The van der Waals surface area contributed by atoms with E-state index in [0.717, 1.165) is 6.07 Å². The molecule has 0 radical (unpaired) electrons. The normalized spacial score (nSPS) is 15.1. The summed E-state index contributed by atoms with van der Waals surface area (Å²) in [7, 11) is 0. The van der Waals surface area contributed by atoms with Gasteiger partial charge in [-0.1, -0.05) is 0 Å². The van der Waals surface area contributed by atoms with Crippen molar-refractivity contribution in [1.82, 2.24) is 5.32 Å². The van der Waals surface area contributed by atoms with Crippen molar-refractivity contribution in [3.05, 3.63) is 29.6 Å². The fourth-order valence-electron chi connectivity index (χ4n) is 1.56. The minimum Gasteiger partial charge on any atom is -0.478 e. The molecular weight excluding hydrogens is 215 g/mol. The van der Waals surface area contributed by atoms with Crippen molar-refractivity contribution in [2.45, 2.75) is 0 Å². The van der Waals surface area contributed by atoms with E-state index < -0.39 is 11.8 Å². The van der Waals surface area contributed by atoms with Gasteiger partial charge in [0.15, 0.2) is 0 Å². The van der Waals surface area contributed by atoms with E-state index >= 15 is 0 Å². The third-order valence-corrected chi connectivity index (χ3v) is 2.34. The molecule has 0 bridgehead atoms. The molecule has 1 fully saturated rings. The molecule has 2 rings (SSSR count). The number of anilines is 1. The molecule has 16 heavy (non-hydrogen) atoms. The summed E-state index contributed by atoms with van der Waals surface area (Å²) in [6.45, 7) is 0.834. The van der Waals surface area contributed by atoms with E-state index in [2.05, 4.69) is 5.32 Å². The lowest BCUT2D eigenvalue weighted by Crippen LogP contribution is -2.28. The van der Waals surface area contributed by atoms with E-state index in [-0.39, 0.29) is 17.3 Å². The molecule has 6 heteroatoms. The molecule has 1 aromatic rings. The van der Waals surface area contributed by atoms with E-state index in [1.54, 1.807) is 0 Å². The number of nitrogens with one attached hydrogen (secondary N) is 1. The third kappa shape index (κ3) is 1.69. The molecule has 0 atom stereocenters. The predicted molar refractivity (Wildman–Crippen MR) is 54.1 cm³/mol. The monoisotopic (exact) mass is 224 g/mol. The van der Waals surface area contributed by atoms with E-state index in [1.165, 1.54) is 17.0 Å². The number of carboxylic acid groups (broad SMARTS) is 1. The van der Waals surface area contributed by atoms with Gasteiger partial charge in [-0.05, 0) is 18.2 Å². The Kier molecular flexibility index (Phi) is 2.47. The second-order valence-electron chi connectivity index (χ2n) is 3.35. The zero-order valence-corrected chi connectivity index (χ0v) is 8.24. The molecule has 1 aliphatic heterocycles. The molecule has 0 aliphatic carbocycles. The highest BCUT2D eigenvalue weighted by atomic mass is 19.1.